The number of aromatic nitrogens is 2. The molecule has 0 radical (unpaired) electrons. The summed E-state index contributed by atoms with van der Waals surface area (Å²) in [6, 6.07) is 7.27. The maximum Gasteiger partial charge on any atom is 0.188 e. The van der Waals surface area contributed by atoms with Gasteiger partial charge in [-0.3, -0.25) is 24.4 Å². The SMILES string of the molecule is O=C(CC(=O)c1cc(N2CCCCC2)ccn1)CC(=O)c1cc(N2CCCC2)ccn1. The van der Waals surface area contributed by atoms with Gasteiger partial charge >= 0.3 is 0 Å². The molecule has 0 N–H and O–H groups in total. The van der Waals surface area contributed by atoms with Crippen LogP contribution in [-0.2, 0) is 4.79 Å². The lowest BCUT2D eigenvalue weighted by molar-refractivity contribution is -0.117. The highest BCUT2D eigenvalue weighted by atomic mass is 16.2. The van der Waals surface area contributed by atoms with Gasteiger partial charge in [0.2, 0.25) is 0 Å². The fourth-order valence-corrected chi connectivity index (χ4v) is 4.27. The standard InChI is InChI=1S/C24H28N4O3/c29-20(17-24(31)22-15-19(7-9-26-22)28-12-4-5-13-28)16-23(30)21-14-18(6-8-25-21)27-10-2-1-3-11-27/h6-9,14-15H,1-5,10-13,16-17H2. The Morgan fingerprint density at radius 1 is 0.677 bits per heavy atom. The highest BCUT2D eigenvalue weighted by Crippen LogP contribution is 2.22. The Balaban J connectivity index is 1.35. The summed E-state index contributed by atoms with van der Waals surface area (Å²) in [4.78, 5) is 50.3. The number of carbonyl (C=O) groups excluding carboxylic acids is 3. The zero-order valence-corrected chi connectivity index (χ0v) is 17.8. The van der Waals surface area contributed by atoms with E-state index in [2.05, 4.69) is 19.8 Å². The van der Waals surface area contributed by atoms with Crippen molar-refractivity contribution in [3.63, 3.8) is 0 Å². The molecule has 2 aliphatic rings. The molecule has 2 aromatic heterocycles. The summed E-state index contributed by atoms with van der Waals surface area (Å²) in [5.74, 6) is -1.11. The second kappa shape index (κ2) is 9.81. The lowest BCUT2D eigenvalue weighted by atomic mass is 10.0. The van der Waals surface area contributed by atoms with Crippen LogP contribution in [0.5, 0.6) is 0 Å². The summed E-state index contributed by atoms with van der Waals surface area (Å²) in [6.07, 6.45) is 8.34. The molecule has 2 aromatic rings. The molecule has 0 bridgehead atoms. The summed E-state index contributed by atoms with van der Waals surface area (Å²) in [6.45, 7) is 3.87. The molecule has 0 amide bonds. The third kappa shape index (κ3) is 5.34. The zero-order chi connectivity index (χ0) is 21.6. The van der Waals surface area contributed by atoms with E-state index in [1.807, 2.05) is 12.1 Å². The largest absolute Gasteiger partial charge is 0.371 e. The Hall–Kier alpha value is -3.09. The van der Waals surface area contributed by atoms with E-state index in [0.717, 1.165) is 63.2 Å². The highest BCUT2D eigenvalue weighted by Gasteiger charge is 2.20. The van der Waals surface area contributed by atoms with Gasteiger partial charge in [-0.2, -0.15) is 0 Å². The van der Waals surface area contributed by atoms with Gasteiger partial charge < -0.3 is 9.80 Å². The fraction of sp³-hybridized carbons (Fsp3) is 0.458. The van der Waals surface area contributed by atoms with E-state index in [0.29, 0.717) is 0 Å². The van der Waals surface area contributed by atoms with Crippen molar-refractivity contribution in [1.29, 1.82) is 0 Å². The first-order valence-corrected chi connectivity index (χ1v) is 11.1. The summed E-state index contributed by atoms with van der Waals surface area (Å²) in [5.41, 5.74) is 2.47. The summed E-state index contributed by atoms with van der Waals surface area (Å²) in [7, 11) is 0. The van der Waals surface area contributed by atoms with Crippen LogP contribution in [0.1, 0.15) is 65.9 Å². The number of Topliss-reactive ketones (excluding diaryl/α,β-unsaturated/α-hetero) is 3. The van der Waals surface area contributed by atoms with Gasteiger partial charge in [-0.05, 0) is 56.4 Å². The first-order valence-electron chi connectivity index (χ1n) is 11.1. The lowest BCUT2D eigenvalue weighted by Gasteiger charge is -2.28. The van der Waals surface area contributed by atoms with Gasteiger partial charge in [0.05, 0.1) is 12.8 Å². The fourth-order valence-electron chi connectivity index (χ4n) is 4.27. The smallest absolute Gasteiger partial charge is 0.188 e. The third-order valence-electron chi connectivity index (χ3n) is 5.97. The maximum absolute atomic E-state index is 12.6. The first-order chi connectivity index (χ1) is 15.1. The van der Waals surface area contributed by atoms with Crippen molar-refractivity contribution in [1.82, 2.24) is 9.97 Å². The molecule has 2 aliphatic heterocycles. The Kier molecular flexibility index (Phi) is 6.70. The molecule has 0 saturated carbocycles. The molecule has 0 atom stereocenters. The van der Waals surface area contributed by atoms with Crippen LogP contribution in [0.3, 0.4) is 0 Å². The molecule has 7 heteroatoms. The number of rotatable bonds is 8. The minimum absolute atomic E-state index is 0.274. The first kappa shape index (κ1) is 21.2. The molecule has 162 valence electrons. The van der Waals surface area contributed by atoms with E-state index < -0.39 is 5.78 Å². The van der Waals surface area contributed by atoms with Gasteiger partial charge in [-0.1, -0.05) is 0 Å². The van der Waals surface area contributed by atoms with E-state index in [9.17, 15) is 14.4 Å². The Morgan fingerprint density at radius 2 is 1.10 bits per heavy atom. The topological polar surface area (TPSA) is 83.5 Å². The number of carbonyl (C=O) groups is 3. The molecule has 4 heterocycles. The van der Waals surface area contributed by atoms with Gasteiger partial charge in [0.1, 0.15) is 17.2 Å². The van der Waals surface area contributed by atoms with E-state index in [-0.39, 0.29) is 35.8 Å². The van der Waals surface area contributed by atoms with Crippen molar-refractivity contribution in [2.75, 3.05) is 36.0 Å². The van der Waals surface area contributed by atoms with Crippen LogP contribution in [0.15, 0.2) is 36.7 Å². The monoisotopic (exact) mass is 420 g/mol. The highest BCUT2D eigenvalue weighted by molar-refractivity contribution is 6.14. The van der Waals surface area contributed by atoms with Crippen LogP contribution in [0.25, 0.3) is 0 Å². The number of nitrogens with zero attached hydrogens (tertiary/aromatic N) is 4. The second-order valence-corrected chi connectivity index (χ2v) is 8.28. The summed E-state index contributed by atoms with van der Waals surface area (Å²) >= 11 is 0. The van der Waals surface area contributed by atoms with E-state index in [4.69, 9.17) is 0 Å². The Morgan fingerprint density at radius 3 is 1.55 bits per heavy atom. The van der Waals surface area contributed by atoms with E-state index >= 15 is 0 Å². The van der Waals surface area contributed by atoms with Crippen LogP contribution in [0.2, 0.25) is 0 Å². The molecule has 2 fully saturated rings. The van der Waals surface area contributed by atoms with Crippen LogP contribution in [-0.4, -0.2) is 53.5 Å². The summed E-state index contributed by atoms with van der Waals surface area (Å²) < 4.78 is 0. The normalized spacial score (nSPS) is 16.4. The average Bonchev–Trinajstić information content (AvgIpc) is 3.35. The molecular weight excluding hydrogens is 392 g/mol. The molecule has 7 nitrogen and oxygen atoms in total. The number of hydrogen-bond acceptors (Lipinski definition) is 7. The number of hydrogen-bond donors (Lipinski definition) is 0. The number of ketones is 3. The number of anilines is 2. The van der Waals surface area contributed by atoms with Crippen LogP contribution >= 0.6 is 0 Å². The van der Waals surface area contributed by atoms with Crippen molar-refractivity contribution in [2.24, 2.45) is 0 Å². The van der Waals surface area contributed by atoms with Gasteiger partial charge in [-0.15, -0.1) is 0 Å². The van der Waals surface area contributed by atoms with Crippen molar-refractivity contribution in [3.8, 4) is 0 Å². The molecule has 0 aromatic carbocycles. The molecule has 31 heavy (non-hydrogen) atoms. The predicted octanol–water partition coefficient (Wildman–Crippen LogP) is 3.48. The van der Waals surface area contributed by atoms with Crippen LogP contribution < -0.4 is 9.80 Å². The molecule has 0 spiro atoms. The maximum atomic E-state index is 12.6. The van der Waals surface area contributed by atoms with Gasteiger partial charge in [-0.25, -0.2) is 0 Å². The van der Waals surface area contributed by atoms with Gasteiger partial charge in [0, 0.05) is 49.9 Å². The van der Waals surface area contributed by atoms with Crippen molar-refractivity contribution in [3.05, 3.63) is 48.0 Å². The average molecular weight is 421 g/mol. The van der Waals surface area contributed by atoms with E-state index in [1.54, 1.807) is 24.5 Å². The minimum Gasteiger partial charge on any atom is -0.371 e. The second-order valence-electron chi connectivity index (χ2n) is 8.28. The van der Waals surface area contributed by atoms with Crippen molar-refractivity contribution in [2.45, 2.75) is 44.9 Å². The van der Waals surface area contributed by atoms with Crippen LogP contribution in [0.4, 0.5) is 11.4 Å². The van der Waals surface area contributed by atoms with E-state index in [1.165, 1.54) is 6.42 Å². The number of piperidine rings is 1. The quantitative estimate of drug-likeness (QED) is 0.477. The lowest BCUT2D eigenvalue weighted by Crippen LogP contribution is -2.29. The zero-order valence-electron chi connectivity index (χ0n) is 17.8. The summed E-state index contributed by atoms with van der Waals surface area (Å²) in [5, 5.41) is 0. The molecular formula is C24H28N4O3. The molecule has 4 rings (SSSR count). The molecule has 0 unspecified atom stereocenters. The minimum atomic E-state index is -0.409. The van der Waals surface area contributed by atoms with Gasteiger partial charge in [0.15, 0.2) is 11.6 Å². The predicted molar refractivity (Wildman–Crippen MR) is 119 cm³/mol. The Bertz CT molecular complexity index is 963. The third-order valence-corrected chi connectivity index (χ3v) is 5.97. The number of pyridine rings is 2. The Labute approximate surface area is 182 Å². The molecule has 0 aliphatic carbocycles. The van der Waals surface area contributed by atoms with Crippen molar-refractivity contribution >= 4 is 28.7 Å². The molecule has 2 saturated heterocycles. The van der Waals surface area contributed by atoms with Crippen LogP contribution in [0, 0.1) is 0 Å². The van der Waals surface area contributed by atoms with Crippen molar-refractivity contribution < 1.29 is 14.4 Å². The van der Waals surface area contributed by atoms with Gasteiger partial charge in [0.25, 0.3) is 0 Å².